The van der Waals surface area contributed by atoms with Crippen LogP contribution in [-0.4, -0.2) is 32.2 Å². The molecule has 1 saturated heterocycles. The molecule has 2 aliphatic carbocycles. The molecule has 6 nitrogen and oxygen atoms in total. The lowest BCUT2D eigenvalue weighted by Crippen LogP contribution is -2.37. The maximum Gasteiger partial charge on any atom is 0.266 e. The molecule has 2 aromatic heterocycles. The van der Waals surface area contributed by atoms with Crippen molar-refractivity contribution in [3.63, 3.8) is 0 Å². The Balaban J connectivity index is 1.21. The molecular weight excluding hydrogens is 334 g/mol. The first kappa shape index (κ1) is 15.5. The molecule has 3 fully saturated rings. The molecule has 132 valence electrons. The fourth-order valence-electron chi connectivity index (χ4n) is 3.61. The van der Waals surface area contributed by atoms with Gasteiger partial charge in [0.05, 0.1) is 5.69 Å². The van der Waals surface area contributed by atoms with Gasteiger partial charge >= 0.3 is 0 Å². The number of hydrogen-bond donors (Lipinski definition) is 0. The Morgan fingerprint density at radius 2 is 1.80 bits per heavy atom. The molecular formula is C18H23N5OS. The zero-order valence-electron chi connectivity index (χ0n) is 14.3. The van der Waals surface area contributed by atoms with E-state index in [1.165, 1.54) is 25.7 Å². The second-order valence-electron chi connectivity index (χ2n) is 7.69. The Hall–Kier alpha value is -1.76. The van der Waals surface area contributed by atoms with Gasteiger partial charge in [0.15, 0.2) is 0 Å². The van der Waals surface area contributed by atoms with E-state index in [1.807, 2.05) is 6.07 Å². The minimum Gasteiger partial charge on any atom is -0.347 e. The van der Waals surface area contributed by atoms with E-state index in [1.54, 1.807) is 22.3 Å². The standard InChI is InChI=1S/C18H23N5OS/c24-16-6-5-15(13-1-2-13)20-23(16)11-12-7-9-22(10-8-12)18-19-17(21-25-18)14-3-4-14/h5-6,12-14H,1-4,7-11H2. The van der Waals surface area contributed by atoms with Crippen molar-refractivity contribution in [1.29, 1.82) is 0 Å². The van der Waals surface area contributed by atoms with Crippen LogP contribution in [0.3, 0.4) is 0 Å². The number of aromatic nitrogens is 4. The summed E-state index contributed by atoms with van der Waals surface area (Å²) in [4.78, 5) is 19.2. The van der Waals surface area contributed by atoms with Gasteiger partial charge in [-0.3, -0.25) is 4.79 Å². The van der Waals surface area contributed by atoms with Crippen molar-refractivity contribution in [3.05, 3.63) is 34.0 Å². The van der Waals surface area contributed by atoms with Crippen molar-refractivity contribution in [1.82, 2.24) is 19.1 Å². The van der Waals surface area contributed by atoms with E-state index in [-0.39, 0.29) is 5.56 Å². The van der Waals surface area contributed by atoms with Crippen LogP contribution in [0.4, 0.5) is 5.13 Å². The van der Waals surface area contributed by atoms with Crippen LogP contribution in [0.5, 0.6) is 0 Å². The molecule has 0 amide bonds. The number of rotatable bonds is 5. The predicted molar refractivity (Wildman–Crippen MR) is 97.3 cm³/mol. The molecule has 3 heterocycles. The number of hydrogen-bond acceptors (Lipinski definition) is 6. The van der Waals surface area contributed by atoms with E-state index < -0.39 is 0 Å². The Morgan fingerprint density at radius 1 is 1.04 bits per heavy atom. The molecule has 0 N–H and O–H groups in total. The van der Waals surface area contributed by atoms with Crippen LogP contribution in [0.1, 0.15) is 61.9 Å². The molecule has 7 heteroatoms. The first-order valence-electron chi connectivity index (χ1n) is 9.43. The summed E-state index contributed by atoms with van der Waals surface area (Å²) in [5, 5.41) is 5.68. The van der Waals surface area contributed by atoms with Gasteiger partial charge in [-0.1, -0.05) is 0 Å². The number of piperidine rings is 1. The van der Waals surface area contributed by atoms with Crippen LogP contribution < -0.4 is 10.5 Å². The summed E-state index contributed by atoms with van der Waals surface area (Å²) in [5.74, 6) is 2.78. The van der Waals surface area contributed by atoms with Crippen LogP contribution in [-0.2, 0) is 6.54 Å². The smallest absolute Gasteiger partial charge is 0.266 e. The second-order valence-corrected chi connectivity index (χ2v) is 8.42. The summed E-state index contributed by atoms with van der Waals surface area (Å²) in [6.07, 6.45) is 7.10. The summed E-state index contributed by atoms with van der Waals surface area (Å²) < 4.78 is 6.22. The summed E-state index contributed by atoms with van der Waals surface area (Å²) in [6, 6.07) is 3.60. The molecule has 1 aliphatic heterocycles. The molecule has 0 unspecified atom stereocenters. The molecule has 3 aliphatic rings. The molecule has 5 rings (SSSR count). The van der Waals surface area contributed by atoms with Crippen LogP contribution in [0.2, 0.25) is 0 Å². The average molecular weight is 357 g/mol. The minimum absolute atomic E-state index is 0.0324. The monoisotopic (exact) mass is 357 g/mol. The van der Waals surface area contributed by atoms with E-state index >= 15 is 0 Å². The SMILES string of the molecule is O=c1ccc(C2CC2)nn1CC1CCN(c2nc(C3CC3)ns2)CC1. The summed E-state index contributed by atoms with van der Waals surface area (Å²) in [6.45, 7) is 2.75. The minimum atomic E-state index is 0.0324. The molecule has 0 bridgehead atoms. The van der Waals surface area contributed by atoms with E-state index in [4.69, 9.17) is 4.98 Å². The Morgan fingerprint density at radius 3 is 2.52 bits per heavy atom. The van der Waals surface area contributed by atoms with Gasteiger partial charge in [-0.15, -0.1) is 0 Å². The van der Waals surface area contributed by atoms with Gasteiger partial charge in [-0.25, -0.2) is 9.67 Å². The van der Waals surface area contributed by atoms with Crippen LogP contribution in [0.25, 0.3) is 0 Å². The van der Waals surface area contributed by atoms with E-state index in [0.717, 1.165) is 49.1 Å². The van der Waals surface area contributed by atoms with Crippen molar-refractivity contribution in [2.75, 3.05) is 18.0 Å². The molecule has 25 heavy (non-hydrogen) atoms. The van der Waals surface area contributed by atoms with Crippen LogP contribution >= 0.6 is 11.5 Å². The van der Waals surface area contributed by atoms with Crippen molar-refractivity contribution < 1.29 is 0 Å². The molecule has 2 aromatic rings. The zero-order valence-corrected chi connectivity index (χ0v) is 15.1. The lowest BCUT2D eigenvalue weighted by Gasteiger charge is -2.31. The van der Waals surface area contributed by atoms with Crippen molar-refractivity contribution in [2.45, 2.75) is 56.9 Å². The molecule has 2 saturated carbocycles. The largest absolute Gasteiger partial charge is 0.347 e. The normalized spacial score (nSPS) is 21.7. The molecule has 0 atom stereocenters. The van der Waals surface area contributed by atoms with E-state index in [9.17, 15) is 4.79 Å². The van der Waals surface area contributed by atoms with E-state index in [0.29, 0.717) is 17.8 Å². The van der Waals surface area contributed by atoms with E-state index in [2.05, 4.69) is 14.4 Å². The fraction of sp³-hybridized carbons (Fsp3) is 0.667. The summed E-state index contributed by atoms with van der Waals surface area (Å²) in [5.41, 5.74) is 1.13. The molecule has 0 spiro atoms. The lowest BCUT2D eigenvalue weighted by atomic mass is 9.97. The Bertz CT molecular complexity index is 815. The highest BCUT2D eigenvalue weighted by Gasteiger charge is 2.30. The fourth-order valence-corrected chi connectivity index (χ4v) is 4.40. The zero-order chi connectivity index (χ0) is 16.8. The highest BCUT2D eigenvalue weighted by atomic mass is 32.1. The molecule has 0 radical (unpaired) electrons. The average Bonchev–Trinajstić information content (AvgIpc) is 3.56. The Labute approximate surface area is 151 Å². The first-order valence-corrected chi connectivity index (χ1v) is 10.2. The van der Waals surface area contributed by atoms with Gasteiger partial charge in [0.25, 0.3) is 5.56 Å². The van der Waals surface area contributed by atoms with Crippen molar-refractivity contribution in [3.8, 4) is 0 Å². The van der Waals surface area contributed by atoms with Gasteiger partial charge in [-0.2, -0.15) is 9.47 Å². The third-order valence-corrected chi connectivity index (χ3v) is 6.36. The topological polar surface area (TPSA) is 63.9 Å². The van der Waals surface area contributed by atoms with Gasteiger partial charge < -0.3 is 4.90 Å². The second kappa shape index (κ2) is 6.20. The number of anilines is 1. The third-order valence-electron chi connectivity index (χ3n) is 5.57. The van der Waals surface area contributed by atoms with Crippen molar-refractivity contribution >= 4 is 16.7 Å². The van der Waals surface area contributed by atoms with Gasteiger partial charge in [0.2, 0.25) is 5.13 Å². The van der Waals surface area contributed by atoms with Crippen LogP contribution in [0.15, 0.2) is 16.9 Å². The lowest BCUT2D eigenvalue weighted by molar-refractivity contribution is 0.333. The maximum absolute atomic E-state index is 12.1. The summed E-state index contributed by atoms with van der Waals surface area (Å²) in [7, 11) is 0. The highest BCUT2D eigenvalue weighted by Crippen LogP contribution is 2.40. The third kappa shape index (κ3) is 3.34. The van der Waals surface area contributed by atoms with Gasteiger partial charge in [0, 0.05) is 49.1 Å². The Kier molecular flexibility index (Phi) is 3.84. The summed E-state index contributed by atoms with van der Waals surface area (Å²) >= 11 is 1.54. The van der Waals surface area contributed by atoms with Gasteiger partial charge in [-0.05, 0) is 50.5 Å². The highest BCUT2D eigenvalue weighted by molar-refractivity contribution is 7.09. The van der Waals surface area contributed by atoms with Crippen LogP contribution in [0, 0.1) is 5.92 Å². The van der Waals surface area contributed by atoms with Gasteiger partial charge in [0.1, 0.15) is 5.82 Å². The van der Waals surface area contributed by atoms with Crippen molar-refractivity contribution in [2.24, 2.45) is 5.92 Å². The number of nitrogens with zero attached hydrogens (tertiary/aromatic N) is 5. The first-order chi connectivity index (χ1) is 12.3. The quantitative estimate of drug-likeness (QED) is 0.823. The molecule has 0 aromatic carbocycles. The predicted octanol–water partition coefficient (Wildman–Crippen LogP) is 2.77. The maximum atomic E-state index is 12.1.